The summed E-state index contributed by atoms with van der Waals surface area (Å²) >= 11 is 3.87. The molecule has 2 aliphatic rings. The van der Waals surface area contributed by atoms with Gasteiger partial charge in [0.2, 0.25) is 5.91 Å². The van der Waals surface area contributed by atoms with Crippen LogP contribution in [-0.4, -0.2) is 34.0 Å². The Bertz CT molecular complexity index is 896. The van der Waals surface area contributed by atoms with E-state index in [1.165, 1.54) is 10.6 Å². The Hall–Kier alpha value is -2.25. The molecule has 1 saturated heterocycles. The van der Waals surface area contributed by atoms with Gasteiger partial charge in [-0.15, -0.1) is 23.5 Å². The maximum atomic E-state index is 12.7. The van der Waals surface area contributed by atoms with Gasteiger partial charge in [0.15, 0.2) is 0 Å². The number of rotatable bonds is 5. The van der Waals surface area contributed by atoms with E-state index in [4.69, 9.17) is 0 Å². The van der Waals surface area contributed by atoms with Crippen LogP contribution in [0.5, 0.6) is 0 Å². The molecule has 0 aromatic heterocycles. The first kappa shape index (κ1) is 19.1. The van der Waals surface area contributed by atoms with Crippen LogP contribution in [0.3, 0.4) is 0 Å². The van der Waals surface area contributed by atoms with Gasteiger partial charge in [-0.25, -0.2) is 5.01 Å². The fourth-order valence-corrected chi connectivity index (χ4v) is 6.00. The summed E-state index contributed by atoms with van der Waals surface area (Å²) in [5.74, 6) is 2.02. The molecule has 2 aromatic carbocycles. The molecule has 4 rings (SSSR count). The van der Waals surface area contributed by atoms with Gasteiger partial charge >= 0.3 is 0 Å². The maximum Gasteiger partial charge on any atom is 0.271 e. The fourth-order valence-electron chi connectivity index (χ4n) is 3.16. The lowest BCUT2D eigenvalue weighted by Crippen LogP contribution is -2.36. The molecule has 2 aliphatic heterocycles. The number of nitrogens with one attached hydrogen (secondary N) is 1. The first-order valence-corrected chi connectivity index (χ1v) is 11.3. The molecule has 7 heteroatoms. The molecule has 2 heterocycles. The standard InChI is InChI=1S/C21H21N3O2S2/c25-19-10-9-18(23-24(19)14-15-5-2-1-3-6-15)20(26)22-17-8-4-7-16(13-17)21-27-11-12-28-21/h1-8,13,21H,9-12,14H2,(H,22,26). The number of carbonyl (C=O) groups is 2. The monoisotopic (exact) mass is 411 g/mol. The van der Waals surface area contributed by atoms with Crippen LogP contribution in [0.15, 0.2) is 59.7 Å². The molecule has 0 unspecified atom stereocenters. The quantitative estimate of drug-likeness (QED) is 0.798. The molecule has 0 atom stereocenters. The van der Waals surface area contributed by atoms with Crippen LogP contribution in [0.1, 0.15) is 28.6 Å². The predicted octanol–water partition coefficient (Wildman–Crippen LogP) is 4.28. The third kappa shape index (κ3) is 4.59. The molecule has 5 nitrogen and oxygen atoms in total. The van der Waals surface area contributed by atoms with Crippen LogP contribution in [0.25, 0.3) is 0 Å². The van der Waals surface area contributed by atoms with Crippen LogP contribution in [0.4, 0.5) is 5.69 Å². The van der Waals surface area contributed by atoms with Crippen LogP contribution >= 0.6 is 23.5 Å². The van der Waals surface area contributed by atoms with Crippen molar-refractivity contribution in [3.8, 4) is 0 Å². The third-order valence-electron chi connectivity index (χ3n) is 4.58. The van der Waals surface area contributed by atoms with E-state index in [1.807, 2.05) is 72.1 Å². The van der Waals surface area contributed by atoms with Crippen molar-refractivity contribution in [2.45, 2.75) is 24.0 Å². The van der Waals surface area contributed by atoms with E-state index in [9.17, 15) is 9.59 Å². The van der Waals surface area contributed by atoms with Gasteiger partial charge in [0, 0.05) is 30.0 Å². The van der Waals surface area contributed by atoms with Crippen LogP contribution < -0.4 is 5.32 Å². The molecule has 144 valence electrons. The summed E-state index contributed by atoms with van der Waals surface area (Å²) in [5.41, 5.74) is 3.37. The summed E-state index contributed by atoms with van der Waals surface area (Å²) in [7, 11) is 0. The second-order valence-corrected chi connectivity index (χ2v) is 9.36. The van der Waals surface area contributed by atoms with Gasteiger partial charge in [-0.05, 0) is 23.3 Å². The summed E-state index contributed by atoms with van der Waals surface area (Å²) in [6.45, 7) is 0.377. The zero-order valence-corrected chi connectivity index (χ0v) is 17.0. The summed E-state index contributed by atoms with van der Waals surface area (Å²) in [4.78, 5) is 24.9. The van der Waals surface area contributed by atoms with Crippen molar-refractivity contribution in [1.29, 1.82) is 0 Å². The summed E-state index contributed by atoms with van der Waals surface area (Å²) in [6, 6.07) is 17.7. The molecule has 1 fully saturated rings. The van der Waals surface area contributed by atoms with Crippen molar-refractivity contribution < 1.29 is 9.59 Å². The number of hydrogen-bond donors (Lipinski definition) is 1. The van der Waals surface area contributed by atoms with Crippen LogP contribution in [0.2, 0.25) is 0 Å². The Morgan fingerprint density at radius 3 is 2.64 bits per heavy atom. The average molecular weight is 412 g/mol. The topological polar surface area (TPSA) is 61.8 Å². The molecule has 0 spiro atoms. The van der Waals surface area contributed by atoms with Crippen LogP contribution in [0, 0.1) is 0 Å². The smallest absolute Gasteiger partial charge is 0.271 e. The molecule has 2 aromatic rings. The zero-order chi connectivity index (χ0) is 19.3. The first-order valence-electron chi connectivity index (χ1n) is 9.25. The molecule has 0 saturated carbocycles. The van der Waals surface area contributed by atoms with Gasteiger partial charge in [-0.3, -0.25) is 9.59 Å². The van der Waals surface area contributed by atoms with E-state index in [0.29, 0.717) is 29.7 Å². The van der Waals surface area contributed by atoms with Crippen LogP contribution in [-0.2, 0) is 16.1 Å². The molecule has 0 bridgehead atoms. The Labute approximate surface area is 173 Å². The van der Waals surface area contributed by atoms with Gasteiger partial charge in [0.25, 0.3) is 5.91 Å². The Kier molecular flexibility index (Phi) is 6.02. The number of benzene rings is 2. The summed E-state index contributed by atoms with van der Waals surface area (Å²) in [5, 5.41) is 8.68. The third-order valence-corrected chi connectivity index (χ3v) is 7.69. The predicted molar refractivity (Wildman–Crippen MR) is 116 cm³/mol. The van der Waals surface area contributed by atoms with Gasteiger partial charge in [0.1, 0.15) is 5.71 Å². The lowest BCUT2D eigenvalue weighted by atomic mass is 10.1. The van der Waals surface area contributed by atoms with E-state index in [0.717, 1.165) is 22.8 Å². The lowest BCUT2D eigenvalue weighted by Gasteiger charge is -2.23. The van der Waals surface area contributed by atoms with Crippen molar-refractivity contribution in [3.63, 3.8) is 0 Å². The maximum absolute atomic E-state index is 12.7. The summed E-state index contributed by atoms with van der Waals surface area (Å²) < 4.78 is 0.433. The summed E-state index contributed by atoms with van der Waals surface area (Å²) in [6.07, 6.45) is 0.665. The SMILES string of the molecule is O=C(Nc1cccc(C2SCCS2)c1)C1=NN(Cc2ccccc2)C(=O)CC1. The number of thioether (sulfide) groups is 2. The highest BCUT2D eigenvalue weighted by Crippen LogP contribution is 2.45. The second-order valence-electron chi connectivity index (χ2n) is 6.64. The average Bonchev–Trinajstić information content (AvgIpc) is 3.25. The van der Waals surface area contributed by atoms with E-state index in [1.54, 1.807) is 0 Å². The zero-order valence-electron chi connectivity index (χ0n) is 15.3. The number of nitrogens with zero attached hydrogens (tertiary/aromatic N) is 2. The molecular weight excluding hydrogens is 390 g/mol. The number of anilines is 1. The van der Waals surface area contributed by atoms with Crippen molar-refractivity contribution in [1.82, 2.24) is 5.01 Å². The number of carbonyl (C=O) groups excluding carboxylic acids is 2. The Balaban J connectivity index is 1.45. The van der Waals surface area contributed by atoms with E-state index in [-0.39, 0.29) is 11.8 Å². The molecule has 0 aliphatic carbocycles. The van der Waals surface area contributed by atoms with E-state index >= 15 is 0 Å². The van der Waals surface area contributed by atoms with E-state index < -0.39 is 0 Å². The van der Waals surface area contributed by atoms with E-state index in [2.05, 4.69) is 16.5 Å². The fraction of sp³-hybridized carbons (Fsp3) is 0.286. The highest BCUT2D eigenvalue weighted by molar-refractivity contribution is 8.19. The van der Waals surface area contributed by atoms with Gasteiger partial charge in [0.05, 0.1) is 11.1 Å². The Morgan fingerprint density at radius 2 is 1.86 bits per heavy atom. The largest absolute Gasteiger partial charge is 0.321 e. The highest BCUT2D eigenvalue weighted by Gasteiger charge is 2.25. The van der Waals surface area contributed by atoms with Gasteiger partial charge in [-0.1, -0.05) is 42.5 Å². The molecule has 2 amide bonds. The number of hydrazone groups is 1. The molecule has 28 heavy (non-hydrogen) atoms. The minimum atomic E-state index is -0.241. The second kappa shape index (κ2) is 8.84. The van der Waals surface area contributed by atoms with Crippen molar-refractivity contribution in [3.05, 3.63) is 65.7 Å². The highest BCUT2D eigenvalue weighted by atomic mass is 32.2. The minimum absolute atomic E-state index is 0.0577. The van der Waals surface area contributed by atoms with Crippen molar-refractivity contribution in [2.24, 2.45) is 5.10 Å². The number of hydrogen-bond acceptors (Lipinski definition) is 5. The number of amides is 2. The first-order chi connectivity index (χ1) is 13.7. The lowest BCUT2D eigenvalue weighted by molar-refractivity contribution is -0.132. The molecule has 1 N–H and O–H groups in total. The van der Waals surface area contributed by atoms with Gasteiger partial charge < -0.3 is 5.32 Å². The molecular formula is C21H21N3O2S2. The normalized spacial score (nSPS) is 17.5. The van der Waals surface area contributed by atoms with Gasteiger partial charge in [-0.2, -0.15) is 5.10 Å². The van der Waals surface area contributed by atoms with Crippen molar-refractivity contribution >= 4 is 46.7 Å². The minimum Gasteiger partial charge on any atom is -0.321 e. The molecule has 0 radical (unpaired) electrons. The Morgan fingerprint density at radius 1 is 1.07 bits per heavy atom. The van der Waals surface area contributed by atoms with Crippen molar-refractivity contribution in [2.75, 3.05) is 16.8 Å².